The van der Waals surface area contributed by atoms with Crippen molar-refractivity contribution in [2.24, 2.45) is 0 Å². The first-order valence-corrected chi connectivity index (χ1v) is 5.99. The number of carbonyl (C=O) groups is 1. The van der Waals surface area contributed by atoms with E-state index in [4.69, 9.17) is 0 Å². The summed E-state index contributed by atoms with van der Waals surface area (Å²) in [5, 5.41) is 8.79. The molecule has 1 aromatic rings. The molecule has 0 aliphatic carbocycles. The Labute approximate surface area is 103 Å². The van der Waals surface area contributed by atoms with E-state index in [0.717, 1.165) is 12.2 Å². The van der Waals surface area contributed by atoms with E-state index < -0.39 is 0 Å². The van der Waals surface area contributed by atoms with Gasteiger partial charge in [0.15, 0.2) is 0 Å². The Morgan fingerprint density at radius 1 is 1.24 bits per heavy atom. The predicted molar refractivity (Wildman–Crippen MR) is 71.1 cm³/mol. The van der Waals surface area contributed by atoms with Gasteiger partial charge in [-0.05, 0) is 24.6 Å². The van der Waals surface area contributed by atoms with Gasteiger partial charge >= 0.3 is 6.03 Å². The van der Waals surface area contributed by atoms with Crippen molar-refractivity contribution in [2.75, 3.05) is 11.9 Å². The molecule has 0 aliphatic heterocycles. The average molecular weight is 235 g/mol. The van der Waals surface area contributed by atoms with E-state index in [2.05, 4.69) is 29.8 Å². The van der Waals surface area contributed by atoms with Crippen molar-refractivity contribution < 1.29 is 4.79 Å². The average Bonchev–Trinajstić information content (AvgIpc) is 2.28. The van der Waals surface area contributed by atoms with Crippen LogP contribution in [-0.2, 0) is 6.54 Å². The molecule has 0 saturated carbocycles. The van der Waals surface area contributed by atoms with E-state index in [0.29, 0.717) is 12.6 Å². The van der Waals surface area contributed by atoms with Gasteiger partial charge in [0.2, 0.25) is 0 Å². The van der Waals surface area contributed by atoms with Crippen LogP contribution >= 0.6 is 0 Å². The second-order valence-electron chi connectivity index (χ2n) is 4.22. The number of benzene rings is 1. The summed E-state index contributed by atoms with van der Waals surface area (Å²) in [6.45, 7) is 7.59. The highest BCUT2D eigenvalue weighted by Crippen LogP contribution is 2.09. The zero-order valence-corrected chi connectivity index (χ0v) is 10.7. The van der Waals surface area contributed by atoms with Gasteiger partial charge in [-0.1, -0.05) is 26.0 Å². The highest BCUT2D eigenvalue weighted by atomic mass is 16.2. The second-order valence-corrected chi connectivity index (χ2v) is 4.22. The number of hydrogen-bond donors (Lipinski definition) is 3. The smallest absolute Gasteiger partial charge is 0.319 e. The summed E-state index contributed by atoms with van der Waals surface area (Å²) in [6, 6.07) is 8.15. The SMILES string of the molecule is CCNC(=O)Nc1ccc(CNC(C)C)cc1. The van der Waals surface area contributed by atoms with Crippen molar-refractivity contribution >= 4 is 11.7 Å². The van der Waals surface area contributed by atoms with Crippen molar-refractivity contribution in [3.8, 4) is 0 Å². The van der Waals surface area contributed by atoms with Crippen molar-refractivity contribution in [1.29, 1.82) is 0 Å². The normalized spacial score (nSPS) is 10.4. The highest BCUT2D eigenvalue weighted by Gasteiger charge is 2.00. The lowest BCUT2D eigenvalue weighted by molar-refractivity contribution is 0.252. The Bertz CT molecular complexity index is 346. The van der Waals surface area contributed by atoms with Gasteiger partial charge in [-0.15, -0.1) is 0 Å². The number of hydrogen-bond acceptors (Lipinski definition) is 2. The molecule has 0 radical (unpaired) electrons. The second kappa shape index (κ2) is 6.91. The summed E-state index contributed by atoms with van der Waals surface area (Å²) >= 11 is 0. The van der Waals surface area contributed by atoms with E-state index in [-0.39, 0.29) is 6.03 Å². The molecule has 0 fully saturated rings. The zero-order chi connectivity index (χ0) is 12.7. The summed E-state index contributed by atoms with van der Waals surface area (Å²) in [5.41, 5.74) is 2.02. The number of anilines is 1. The highest BCUT2D eigenvalue weighted by molar-refractivity contribution is 5.89. The monoisotopic (exact) mass is 235 g/mol. The van der Waals surface area contributed by atoms with Crippen molar-refractivity contribution in [3.05, 3.63) is 29.8 Å². The maximum absolute atomic E-state index is 11.3. The Hall–Kier alpha value is -1.55. The lowest BCUT2D eigenvalue weighted by atomic mass is 10.2. The molecule has 0 saturated heterocycles. The van der Waals surface area contributed by atoms with E-state index in [1.807, 2.05) is 31.2 Å². The first kappa shape index (κ1) is 13.5. The molecule has 0 aromatic heterocycles. The van der Waals surface area contributed by atoms with Crippen LogP contribution in [0, 0.1) is 0 Å². The van der Waals surface area contributed by atoms with Crippen LogP contribution in [0.15, 0.2) is 24.3 Å². The maximum atomic E-state index is 11.3. The van der Waals surface area contributed by atoms with Crippen LogP contribution in [0.4, 0.5) is 10.5 Å². The Kier molecular flexibility index (Phi) is 5.49. The number of urea groups is 1. The van der Waals surface area contributed by atoms with Gasteiger partial charge in [-0.3, -0.25) is 0 Å². The Morgan fingerprint density at radius 3 is 2.41 bits per heavy atom. The van der Waals surface area contributed by atoms with Gasteiger partial charge in [-0.2, -0.15) is 0 Å². The van der Waals surface area contributed by atoms with Crippen LogP contribution in [0.25, 0.3) is 0 Å². The van der Waals surface area contributed by atoms with Gasteiger partial charge in [0.05, 0.1) is 0 Å². The zero-order valence-electron chi connectivity index (χ0n) is 10.7. The third-order valence-corrected chi connectivity index (χ3v) is 2.26. The molecule has 0 bridgehead atoms. The fourth-order valence-electron chi connectivity index (χ4n) is 1.36. The van der Waals surface area contributed by atoms with Crippen LogP contribution in [0.2, 0.25) is 0 Å². The van der Waals surface area contributed by atoms with Crippen LogP contribution in [0.1, 0.15) is 26.3 Å². The summed E-state index contributed by atoms with van der Waals surface area (Å²) in [7, 11) is 0. The number of rotatable bonds is 5. The molecule has 17 heavy (non-hydrogen) atoms. The first-order valence-electron chi connectivity index (χ1n) is 5.99. The third kappa shape index (κ3) is 5.36. The van der Waals surface area contributed by atoms with Crippen LogP contribution in [-0.4, -0.2) is 18.6 Å². The van der Waals surface area contributed by atoms with Gasteiger partial charge in [-0.25, -0.2) is 4.79 Å². The fraction of sp³-hybridized carbons (Fsp3) is 0.462. The minimum absolute atomic E-state index is 0.166. The van der Waals surface area contributed by atoms with E-state index in [1.54, 1.807) is 0 Å². The minimum atomic E-state index is -0.166. The largest absolute Gasteiger partial charge is 0.338 e. The molecule has 0 aliphatic rings. The molecule has 1 aromatic carbocycles. The standard InChI is InChI=1S/C13H21N3O/c1-4-14-13(17)16-12-7-5-11(6-8-12)9-15-10(2)3/h5-8,10,15H,4,9H2,1-3H3,(H2,14,16,17). The first-order chi connectivity index (χ1) is 8.11. The topological polar surface area (TPSA) is 53.2 Å². The van der Waals surface area contributed by atoms with Crippen molar-refractivity contribution in [2.45, 2.75) is 33.4 Å². The molecule has 4 nitrogen and oxygen atoms in total. The van der Waals surface area contributed by atoms with Crippen LogP contribution in [0.5, 0.6) is 0 Å². The third-order valence-electron chi connectivity index (χ3n) is 2.26. The molecule has 0 atom stereocenters. The van der Waals surface area contributed by atoms with Gasteiger partial charge in [0.1, 0.15) is 0 Å². The number of nitrogens with one attached hydrogen (secondary N) is 3. The molecular formula is C13H21N3O. The van der Waals surface area contributed by atoms with E-state index in [1.165, 1.54) is 5.56 Å². The Morgan fingerprint density at radius 2 is 1.88 bits per heavy atom. The van der Waals surface area contributed by atoms with Crippen molar-refractivity contribution in [3.63, 3.8) is 0 Å². The molecule has 4 heteroatoms. The van der Waals surface area contributed by atoms with E-state index >= 15 is 0 Å². The van der Waals surface area contributed by atoms with Gasteiger partial charge in [0, 0.05) is 24.8 Å². The molecule has 1 rings (SSSR count). The Balaban J connectivity index is 2.47. The molecule has 0 spiro atoms. The molecule has 0 heterocycles. The summed E-state index contributed by atoms with van der Waals surface area (Å²) in [4.78, 5) is 11.3. The summed E-state index contributed by atoms with van der Waals surface area (Å²) in [6.07, 6.45) is 0. The van der Waals surface area contributed by atoms with Crippen LogP contribution < -0.4 is 16.0 Å². The van der Waals surface area contributed by atoms with Gasteiger partial charge in [0.25, 0.3) is 0 Å². The van der Waals surface area contributed by atoms with Crippen LogP contribution in [0.3, 0.4) is 0 Å². The fourth-order valence-corrected chi connectivity index (χ4v) is 1.36. The minimum Gasteiger partial charge on any atom is -0.338 e. The van der Waals surface area contributed by atoms with Crippen molar-refractivity contribution in [1.82, 2.24) is 10.6 Å². The quantitative estimate of drug-likeness (QED) is 0.733. The molecule has 94 valence electrons. The molecule has 3 N–H and O–H groups in total. The maximum Gasteiger partial charge on any atom is 0.319 e. The number of amides is 2. The molecule has 0 unspecified atom stereocenters. The predicted octanol–water partition coefficient (Wildman–Crippen LogP) is 2.33. The molecule has 2 amide bonds. The summed E-state index contributed by atoms with van der Waals surface area (Å²) in [5.74, 6) is 0. The van der Waals surface area contributed by atoms with E-state index in [9.17, 15) is 4.79 Å². The molecular weight excluding hydrogens is 214 g/mol. The number of carbonyl (C=O) groups excluding carboxylic acids is 1. The lowest BCUT2D eigenvalue weighted by Crippen LogP contribution is -2.28. The summed E-state index contributed by atoms with van der Waals surface area (Å²) < 4.78 is 0. The van der Waals surface area contributed by atoms with Gasteiger partial charge < -0.3 is 16.0 Å². The lowest BCUT2D eigenvalue weighted by Gasteiger charge is -2.09.